The average Bonchev–Trinajstić information content (AvgIpc) is 2.74. The minimum absolute atomic E-state index is 0.0478. The molecule has 1 N–H and O–H groups in total. The Morgan fingerprint density at radius 1 is 1.03 bits per heavy atom. The highest BCUT2D eigenvalue weighted by atomic mass is 32.2. The lowest BCUT2D eigenvalue weighted by molar-refractivity contribution is -0.141. The molecule has 2 amide bonds. The number of nitrogens with zero attached hydrogens (tertiary/aromatic N) is 2. The van der Waals surface area contributed by atoms with Gasteiger partial charge in [0, 0.05) is 25.0 Å². The molecule has 1 atom stereocenters. The molecule has 0 heterocycles. The van der Waals surface area contributed by atoms with E-state index in [-0.39, 0.29) is 43.6 Å². The lowest BCUT2D eigenvalue weighted by atomic mass is 10.1. The normalized spacial score (nSPS) is 12.7. The molecule has 0 bridgehead atoms. The molecule has 2 aromatic carbocycles. The number of amides is 2. The average molecular weight is 506 g/mol. The highest BCUT2D eigenvalue weighted by molar-refractivity contribution is 7.92. The molecule has 0 aliphatic rings. The number of hydrogen-bond donors (Lipinski definition) is 1. The first-order valence-electron chi connectivity index (χ1n) is 11.6. The summed E-state index contributed by atoms with van der Waals surface area (Å²) >= 11 is 0. The van der Waals surface area contributed by atoms with Crippen LogP contribution in [0.15, 0.2) is 48.5 Å². The van der Waals surface area contributed by atoms with Crippen molar-refractivity contribution in [1.82, 2.24) is 10.2 Å². The SMILES string of the molecule is Cc1ccc(N(CCCC(=O)N(Cc2ccc(F)cc2)[C@@H](C)C(=O)NC(C)(C)C)S(C)(=O)=O)cc1. The number of hydrogen-bond acceptors (Lipinski definition) is 4. The number of anilines is 1. The van der Waals surface area contributed by atoms with Crippen LogP contribution < -0.4 is 9.62 Å². The Kier molecular flexibility index (Phi) is 9.43. The Morgan fingerprint density at radius 3 is 2.11 bits per heavy atom. The minimum Gasteiger partial charge on any atom is -0.350 e. The van der Waals surface area contributed by atoms with Crippen molar-refractivity contribution < 1.29 is 22.4 Å². The summed E-state index contributed by atoms with van der Waals surface area (Å²) in [5, 5.41) is 2.89. The van der Waals surface area contributed by atoms with Gasteiger partial charge >= 0.3 is 0 Å². The second-order valence-corrected chi connectivity index (χ2v) is 11.7. The maximum atomic E-state index is 13.4. The van der Waals surface area contributed by atoms with Crippen molar-refractivity contribution in [2.45, 2.75) is 65.6 Å². The van der Waals surface area contributed by atoms with Gasteiger partial charge in [0.05, 0.1) is 11.9 Å². The molecule has 0 saturated heterocycles. The van der Waals surface area contributed by atoms with E-state index in [2.05, 4.69) is 5.32 Å². The lowest BCUT2D eigenvalue weighted by Crippen LogP contribution is -2.52. The molecule has 7 nitrogen and oxygen atoms in total. The monoisotopic (exact) mass is 505 g/mol. The molecule has 2 aromatic rings. The molecule has 0 aliphatic heterocycles. The Morgan fingerprint density at radius 2 is 1.60 bits per heavy atom. The van der Waals surface area contributed by atoms with Crippen molar-refractivity contribution in [2.24, 2.45) is 0 Å². The molecule has 0 fully saturated rings. The highest BCUT2D eigenvalue weighted by Crippen LogP contribution is 2.20. The summed E-state index contributed by atoms with van der Waals surface area (Å²) in [7, 11) is -3.54. The van der Waals surface area contributed by atoms with Crippen LogP contribution in [0.1, 0.15) is 51.7 Å². The van der Waals surface area contributed by atoms with E-state index in [0.717, 1.165) is 11.8 Å². The molecule has 0 unspecified atom stereocenters. The van der Waals surface area contributed by atoms with Gasteiger partial charge in [0.15, 0.2) is 0 Å². The predicted octanol–water partition coefficient (Wildman–Crippen LogP) is 4.01. The van der Waals surface area contributed by atoms with Crippen LogP contribution in [0.2, 0.25) is 0 Å². The van der Waals surface area contributed by atoms with E-state index in [4.69, 9.17) is 0 Å². The Balaban J connectivity index is 2.17. The Bertz CT molecular complexity index is 1110. The molecule has 0 aliphatic carbocycles. The van der Waals surface area contributed by atoms with Crippen molar-refractivity contribution in [1.29, 1.82) is 0 Å². The molecule has 0 saturated carbocycles. The van der Waals surface area contributed by atoms with E-state index >= 15 is 0 Å². The molecule has 2 rings (SSSR count). The van der Waals surface area contributed by atoms with Crippen LogP contribution in [-0.2, 0) is 26.2 Å². The van der Waals surface area contributed by atoms with Gasteiger partial charge in [-0.1, -0.05) is 29.8 Å². The predicted molar refractivity (Wildman–Crippen MR) is 137 cm³/mol. The third-order valence-electron chi connectivity index (χ3n) is 5.41. The largest absolute Gasteiger partial charge is 0.350 e. The van der Waals surface area contributed by atoms with E-state index in [1.165, 1.54) is 21.3 Å². The summed E-state index contributed by atoms with van der Waals surface area (Å²) in [4.78, 5) is 27.5. The number of carbonyl (C=O) groups excluding carboxylic acids is 2. The van der Waals surface area contributed by atoms with E-state index in [0.29, 0.717) is 11.3 Å². The number of halogens is 1. The molecular formula is C26H36FN3O4S. The molecule has 9 heteroatoms. The van der Waals surface area contributed by atoms with Gasteiger partial charge in [-0.3, -0.25) is 13.9 Å². The fraction of sp³-hybridized carbons (Fsp3) is 0.462. The summed E-state index contributed by atoms with van der Waals surface area (Å²) in [6.07, 6.45) is 1.45. The van der Waals surface area contributed by atoms with Crippen molar-refractivity contribution in [3.8, 4) is 0 Å². The first-order chi connectivity index (χ1) is 16.2. The molecule has 192 valence electrons. The lowest BCUT2D eigenvalue weighted by Gasteiger charge is -2.32. The summed E-state index contributed by atoms with van der Waals surface area (Å²) in [6.45, 7) is 9.39. The van der Waals surface area contributed by atoms with Crippen LogP contribution in [0, 0.1) is 12.7 Å². The number of aryl methyl sites for hydroxylation is 1. The van der Waals surface area contributed by atoms with Gasteiger partial charge in [-0.2, -0.15) is 0 Å². The Labute approximate surface area is 208 Å². The van der Waals surface area contributed by atoms with Crippen molar-refractivity contribution >= 4 is 27.5 Å². The second kappa shape index (κ2) is 11.7. The fourth-order valence-electron chi connectivity index (χ4n) is 3.56. The first kappa shape index (κ1) is 28.3. The van der Waals surface area contributed by atoms with E-state index in [9.17, 15) is 22.4 Å². The van der Waals surface area contributed by atoms with Crippen LogP contribution in [0.25, 0.3) is 0 Å². The van der Waals surface area contributed by atoms with Crippen LogP contribution >= 0.6 is 0 Å². The van der Waals surface area contributed by atoms with E-state index < -0.39 is 21.6 Å². The third-order valence-corrected chi connectivity index (χ3v) is 6.60. The van der Waals surface area contributed by atoms with Crippen LogP contribution in [0.3, 0.4) is 0 Å². The van der Waals surface area contributed by atoms with Crippen molar-refractivity contribution in [3.63, 3.8) is 0 Å². The standard InChI is InChI=1S/C26H36FN3O4S/c1-19-9-15-23(16-10-19)30(35(6,33)34)17-7-8-24(31)29(18-21-11-13-22(27)14-12-21)20(2)25(32)28-26(3,4)5/h9-16,20H,7-8,17-18H2,1-6H3,(H,28,32)/t20-/m0/s1. The zero-order chi connectivity index (χ0) is 26.4. The fourth-order valence-corrected chi connectivity index (χ4v) is 4.52. The zero-order valence-corrected chi connectivity index (χ0v) is 22.2. The quantitative estimate of drug-likeness (QED) is 0.529. The maximum absolute atomic E-state index is 13.4. The van der Waals surface area contributed by atoms with Gasteiger partial charge in [0.1, 0.15) is 11.9 Å². The minimum atomic E-state index is -3.54. The van der Waals surface area contributed by atoms with Gasteiger partial charge in [0.25, 0.3) is 0 Å². The summed E-state index contributed by atoms with van der Waals surface area (Å²) in [5.74, 6) is -0.976. The van der Waals surface area contributed by atoms with Gasteiger partial charge in [-0.15, -0.1) is 0 Å². The number of carbonyl (C=O) groups is 2. The van der Waals surface area contributed by atoms with Crippen LogP contribution in [0.5, 0.6) is 0 Å². The van der Waals surface area contributed by atoms with Gasteiger partial charge in [0.2, 0.25) is 21.8 Å². The van der Waals surface area contributed by atoms with Crippen LogP contribution in [0.4, 0.5) is 10.1 Å². The number of nitrogens with one attached hydrogen (secondary N) is 1. The van der Waals surface area contributed by atoms with Gasteiger partial charge in [-0.05, 0) is 70.9 Å². The van der Waals surface area contributed by atoms with Crippen LogP contribution in [-0.4, -0.2) is 49.5 Å². The van der Waals surface area contributed by atoms with E-state index in [1.54, 1.807) is 31.2 Å². The van der Waals surface area contributed by atoms with E-state index in [1.807, 2.05) is 39.8 Å². The smallest absolute Gasteiger partial charge is 0.242 e. The zero-order valence-electron chi connectivity index (χ0n) is 21.3. The summed E-state index contributed by atoms with van der Waals surface area (Å²) < 4.78 is 39.4. The molecule has 35 heavy (non-hydrogen) atoms. The van der Waals surface area contributed by atoms with Crippen molar-refractivity contribution in [2.75, 3.05) is 17.1 Å². The summed E-state index contributed by atoms with van der Waals surface area (Å²) in [5.41, 5.74) is 1.76. The molecule has 0 radical (unpaired) electrons. The maximum Gasteiger partial charge on any atom is 0.242 e. The number of benzene rings is 2. The van der Waals surface area contributed by atoms with Gasteiger partial charge < -0.3 is 10.2 Å². The number of sulfonamides is 1. The summed E-state index contributed by atoms with van der Waals surface area (Å²) in [6, 6.07) is 12.1. The van der Waals surface area contributed by atoms with Gasteiger partial charge in [-0.25, -0.2) is 12.8 Å². The molecule has 0 aromatic heterocycles. The first-order valence-corrected chi connectivity index (χ1v) is 13.4. The van der Waals surface area contributed by atoms with Crippen molar-refractivity contribution in [3.05, 3.63) is 65.5 Å². The third kappa shape index (κ3) is 8.98. The second-order valence-electron chi connectivity index (χ2n) is 9.84. The highest BCUT2D eigenvalue weighted by Gasteiger charge is 2.28. The topological polar surface area (TPSA) is 86.8 Å². The molecular weight excluding hydrogens is 469 g/mol. The number of rotatable bonds is 10. The molecule has 0 spiro atoms. The Hall–Kier alpha value is -2.94.